The monoisotopic (exact) mass is 289 g/mol. The Labute approximate surface area is 115 Å². The molecule has 7 heteroatoms. The third kappa shape index (κ3) is 1.75. The molecular formula is C13H11N3O3S. The predicted octanol–water partition coefficient (Wildman–Crippen LogP) is 1.01. The maximum Gasteiger partial charge on any atom is 0.269 e. The normalized spacial score (nSPS) is 16.2. The van der Waals surface area contributed by atoms with Crippen LogP contribution in [0.15, 0.2) is 47.5 Å². The molecule has 20 heavy (non-hydrogen) atoms. The number of fused-ring (bicyclic) bond motifs is 1. The third-order valence-electron chi connectivity index (χ3n) is 3.15. The van der Waals surface area contributed by atoms with Crippen LogP contribution in [0.1, 0.15) is 15.9 Å². The van der Waals surface area contributed by atoms with Gasteiger partial charge in [0.1, 0.15) is 10.7 Å². The van der Waals surface area contributed by atoms with Crippen LogP contribution in [0.4, 0.5) is 5.82 Å². The summed E-state index contributed by atoms with van der Waals surface area (Å²) in [5.41, 5.74) is 6.38. The number of hydrogen-bond acceptors (Lipinski definition) is 5. The fraction of sp³-hybridized carbons (Fsp3) is 0.0769. The van der Waals surface area contributed by atoms with Crippen molar-refractivity contribution in [2.24, 2.45) is 0 Å². The summed E-state index contributed by atoms with van der Waals surface area (Å²) in [7, 11) is -3.81. The first-order valence-electron chi connectivity index (χ1n) is 5.87. The molecule has 1 amide bonds. The quantitative estimate of drug-likeness (QED) is 0.890. The Bertz CT molecular complexity index is 802. The summed E-state index contributed by atoms with van der Waals surface area (Å²) >= 11 is 0. The van der Waals surface area contributed by atoms with Gasteiger partial charge in [0.15, 0.2) is 0 Å². The number of aromatic nitrogens is 1. The first kappa shape index (κ1) is 12.6. The Morgan fingerprint density at radius 1 is 1.15 bits per heavy atom. The zero-order chi connectivity index (χ0) is 14.3. The molecule has 0 aliphatic carbocycles. The van der Waals surface area contributed by atoms with Crippen molar-refractivity contribution in [3.8, 4) is 0 Å². The summed E-state index contributed by atoms with van der Waals surface area (Å²) in [5, 5.41) is 0. The van der Waals surface area contributed by atoms with Gasteiger partial charge in [-0.05, 0) is 18.2 Å². The van der Waals surface area contributed by atoms with E-state index in [1.54, 1.807) is 24.3 Å². The second kappa shape index (κ2) is 4.31. The van der Waals surface area contributed by atoms with Gasteiger partial charge < -0.3 is 5.73 Å². The van der Waals surface area contributed by atoms with Crippen LogP contribution in [0.5, 0.6) is 0 Å². The number of amides is 1. The van der Waals surface area contributed by atoms with E-state index in [9.17, 15) is 13.2 Å². The van der Waals surface area contributed by atoms with Gasteiger partial charge in [-0.15, -0.1) is 0 Å². The van der Waals surface area contributed by atoms with Crippen molar-refractivity contribution in [1.29, 1.82) is 0 Å². The SMILES string of the molecule is Nc1ncccc1CN1C(=O)c2ccccc2S1(=O)=O. The molecule has 0 spiro atoms. The molecule has 1 aliphatic heterocycles. The molecule has 2 N–H and O–H groups in total. The van der Waals surface area contributed by atoms with Gasteiger partial charge >= 0.3 is 0 Å². The second-order valence-corrected chi connectivity index (χ2v) is 6.19. The van der Waals surface area contributed by atoms with Crippen LogP contribution >= 0.6 is 0 Å². The van der Waals surface area contributed by atoms with E-state index < -0.39 is 15.9 Å². The predicted molar refractivity (Wildman–Crippen MR) is 72.2 cm³/mol. The van der Waals surface area contributed by atoms with E-state index in [-0.39, 0.29) is 22.8 Å². The number of carbonyl (C=O) groups excluding carboxylic acids is 1. The zero-order valence-corrected chi connectivity index (χ0v) is 11.2. The molecule has 1 aliphatic rings. The Morgan fingerprint density at radius 2 is 1.90 bits per heavy atom. The lowest BCUT2D eigenvalue weighted by molar-refractivity contribution is 0.0865. The van der Waals surface area contributed by atoms with Gasteiger partial charge in [-0.2, -0.15) is 0 Å². The van der Waals surface area contributed by atoms with Crippen LogP contribution in [-0.4, -0.2) is 23.6 Å². The van der Waals surface area contributed by atoms with E-state index in [0.717, 1.165) is 4.31 Å². The topological polar surface area (TPSA) is 93.4 Å². The Balaban J connectivity index is 2.05. The highest BCUT2D eigenvalue weighted by molar-refractivity contribution is 7.90. The van der Waals surface area contributed by atoms with E-state index in [4.69, 9.17) is 5.73 Å². The number of nitrogen functional groups attached to an aromatic ring is 1. The van der Waals surface area contributed by atoms with Crippen molar-refractivity contribution >= 4 is 21.7 Å². The van der Waals surface area contributed by atoms with Crippen LogP contribution < -0.4 is 5.73 Å². The average molecular weight is 289 g/mol. The van der Waals surface area contributed by atoms with Crippen LogP contribution in [0, 0.1) is 0 Å². The molecule has 0 saturated heterocycles. The maximum atomic E-state index is 12.4. The number of rotatable bonds is 2. The maximum absolute atomic E-state index is 12.4. The first-order chi connectivity index (χ1) is 9.51. The Morgan fingerprint density at radius 3 is 2.60 bits per heavy atom. The molecule has 1 aromatic heterocycles. The van der Waals surface area contributed by atoms with Gasteiger partial charge in [0.2, 0.25) is 0 Å². The van der Waals surface area contributed by atoms with Gasteiger partial charge in [-0.1, -0.05) is 18.2 Å². The van der Waals surface area contributed by atoms with Crippen molar-refractivity contribution in [2.45, 2.75) is 11.4 Å². The van der Waals surface area contributed by atoms with Gasteiger partial charge in [-0.3, -0.25) is 4.79 Å². The van der Waals surface area contributed by atoms with Gasteiger partial charge in [0.05, 0.1) is 12.1 Å². The number of nitrogens with zero attached hydrogens (tertiary/aromatic N) is 2. The minimum Gasteiger partial charge on any atom is -0.383 e. The van der Waals surface area contributed by atoms with E-state index in [2.05, 4.69) is 4.98 Å². The molecule has 2 heterocycles. The number of anilines is 1. The second-order valence-electron chi connectivity index (χ2n) is 4.36. The van der Waals surface area contributed by atoms with Crippen LogP contribution in [0.3, 0.4) is 0 Å². The number of sulfonamides is 1. The lowest BCUT2D eigenvalue weighted by Gasteiger charge is -2.15. The van der Waals surface area contributed by atoms with E-state index in [1.165, 1.54) is 18.3 Å². The average Bonchev–Trinajstić information content (AvgIpc) is 2.63. The molecule has 102 valence electrons. The molecule has 0 fully saturated rings. The largest absolute Gasteiger partial charge is 0.383 e. The minimum absolute atomic E-state index is 0.0347. The van der Waals surface area contributed by atoms with Gasteiger partial charge in [-0.25, -0.2) is 17.7 Å². The molecule has 1 aromatic carbocycles. The number of benzene rings is 1. The highest BCUT2D eigenvalue weighted by atomic mass is 32.2. The van der Waals surface area contributed by atoms with Crippen molar-refractivity contribution in [2.75, 3.05) is 5.73 Å². The highest BCUT2D eigenvalue weighted by Gasteiger charge is 2.40. The summed E-state index contributed by atoms with van der Waals surface area (Å²) in [5.74, 6) is -0.324. The third-order valence-corrected chi connectivity index (χ3v) is 4.94. The molecule has 2 aromatic rings. The fourth-order valence-electron chi connectivity index (χ4n) is 2.13. The van der Waals surface area contributed by atoms with Gasteiger partial charge in [0.25, 0.3) is 15.9 Å². The molecule has 0 bridgehead atoms. The molecular weight excluding hydrogens is 278 g/mol. The van der Waals surface area contributed by atoms with Crippen LogP contribution in [0.25, 0.3) is 0 Å². The first-order valence-corrected chi connectivity index (χ1v) is 7.31. The van der Waals surface area contributed by atoms with Crippen molar-refractivity contribution in [1.82, 2.24) is 9.29 Å². The molecule has 0 unspecified atom stereocenters. The molecule has 0 saturated carbocycles. The lowest BCUT2D eigenvalue weighted by Crippen LogP contribution is -2.29. The molecule has 0 radical (unpaired) electrons. The Hall–Kier alpha value is -2.41. The van der Waals surface area contributed by atoms with Crippen molar-refractivity contribution < 1.29 is 13.2 Å². The molecule has 3 rings (SSSR count). The summed E-state index contributed by atoms with van der Waals surface area (Å²) in [6, 6.07) is 9.44. The number of hydrogen-bond donors (Lipinski definition) is 1. The van der Waals surface area contributed by atoms with Crippen LogP contribution in [-0.2, 0) is 16.6 Å². The summed E-state index contributed by atoms with van der Waals surface area (Å²) < 4.78 is 25.5. The number of pyridine rings is 1. The van der Waals surface area contributed by atoms with Crippen LogP contribution in [0.2, 0.25) is 0 Å². The molecule has 0 atom stereocenters. The standard InChI is InChI=1S/C13H11N3O3S/c14-12-9(4-3-7-15-12)8-16-13(17)10-5-1-2-6-11(10)20(16,18)19/h1-7H,8H2,(H2,14,15). The highest BCUT2D eigenvalue weighted by Crippen LogP contribution is 2.31. The summed E-state index contributed by atoms with van der Waals surface area (Å²) in [4.78, 5) is 16.1. The smallest absolute Gasteiger partial charge is 0.269 e. The number of carbonyl (C=O) groups is 1. The minimum atomic E-state index is -3.81. The fourth-order valence-corrected chi connectivity index (χ4v) is 3.67. The number of nitrogens with two attached hydrogens (primary N) is 1. The van der Waals surface area contributed by atoms with E-state index >= 15 is 0 Å². The summed E-state index contributed by atoms with van der Waals surface area (Å²) in [6.45, 7) is -0.116. The zero-order valence-electron chi connectivity index (χ0n) is 10.4. The lowest BCUT2D eigenvalue weighted by atomic mass is 10.2. The Kier molecular flexibility index (Phi) is 2.72. The van der Waals surface area contributed by atoms with Gasteiger partial charge in [0, 0.05) is 11.8 Å². The van der Waals surface area contributed by atoms with E-state index in [1.807, 2.05) is 0 Å². The molecule has 6 nitrogen and oxygen atoms in total. The van der Waals surface area contributed by atoms with E-state index in [0.29, 0.717) is 5.56 Å². The van der Waals surface area contributed by atoms with Crippen molar-refractivity contribution in [3.05, 3.63) is 53.7 Å². The summed E-state index contributed by atoms with van der Waals surface area (Å²) in [6.07, 6.45) is 1.51. The van der Waals surface area contributed by atoms with Crippen molar-refractivity contribution in [3.63, 3.8) is 0 Å².